The lowest BCUT2D eigenvalue weighted by molar-refractivity contribution is -0.130. The van der Waals surface area contributed by atoms with Gasteiger partial charge in [0.25, 0.3) is 0 Å². The van der Waals surface area contributed by atoms with Crippen molar-refractivity contribution < 1.29 is 14.3 Å². The molecule has 0 aromatic heterocycles. The van der Waals surface area contributed by atoms with Gasteiger partial charge in [-0.15, -0.1) is 0 Å². The number of aryl methyl sites for hydroxylation is 2. The number of anilines is 2. The maximum atomic E-state index is 13.6. The van der Waals surface area contributed by atoms with Crippen molar-refractivity contribution in [2.45, 2.75) is 45.7 Å². The zero-order chi connectivity index (χ0) is 22.5. The van der Waals surface area contributed by atoms with Crippen LogP contribution in [0.25, 0.3) is 0 Å². The van der Waals surface area contributed by atoms with Crippen molar-refractivity contribution in [1.29, 1.82) is 0 Å². The maximum absolute atomic E-state index is 13.6. The van der Waals surface area contributed by atoms with Crippen LogP contribution in [0.3, 0.4) is 0 Å². The van der Waals surface area contributed by atoms with Gasteiger partial charge in [0.1, 0.15) is 11.3 Å². The van der Waals surface area contributed by atoms with Crippen molar-refractivity contribution in [2.24, 2.45) is 11.8 Å². The first-order valence-corrected chi connectivity index (χ1v) is 10.9. The van der Waals surface area contributed by atoms with E-state index in [4.69, 9.17) is 16.3 Å². The lowest BCUT2D eigenvalue weighted by Gasteiger charge is -2.30. The molecule has 6 nitrogen and oxygen atoms in total. The predicted octanol–water partition coefficient (Wildman–Crippen LogP) is 4.39. The van der Waals surface area contributed by atoms with E-state index in [1.165, 1.54) is 0 Å². The molecule has 164 valence electrons. The predicted molar refractivity (Wildman–Crippen MR) is 123 cm³/mol. The number of fused-ring (bicyclic) bond motifs is 2. The minimum absolute atomic E-state index is 0.0227. The van der Waals surface area contributed by atoms with E-state index < -0.39 is 11.5 Å². The van der Waals surface area contributed by atoms with Crippen LogP contribution in [0.2, 0.25) is 5.02 Å². The van der Waals surface area contributed by atoms with Crippen molar-refractivity contribution >= 4 is 34.8 Å². The van der Waals surface area contributed by atoms with Gasteiger partial charge in [-0.05, 0) is 49.9 Å². The minimum Gasteiger partial charge on any atom is -0.495 e. The van der Waals surface area contributed by atoms with E-state index in [2.05, 4.69) is 29.8 Å². The van der Waals surface area contributed by atoms with Gasteiger partial charge in [0.2, 0.25) is 11.8 Å². The van der Waals surface area contributed by atoms with Crippen LogP contribution in [-0.4, -0.2) is 25.0 Å². The fourth-order valence-electron chi connectivity index (χ4n) is 4.89. The second kappa shape index (κ2) is 7.84. The summed E-state index contributed by atoms with van der Waals surface area (Å²) < 4.78 is 5.38. The van der Waals surface area contributed by atoms with E-state index in [-0.39, 0.29) is 23.8 Å². The Morgan fingerprint density at radius 3 is 2.68 bits per heavy atom. The first-order valence-electron chi connectivity index (χ1n) is 10.5. The highest BCUT2D eigenvalue weighted by molar-refractivity contribution is 6.31. The summed E-state index contributed by atoms with van der Waals surface area (Å²) in [6, 6.07) is 9.14. The molecule has 4 rings (SSSR count). The summed E-state index contributed by atoms with van der Waals surface area (Å²) in [6.45, 7) is 8.18. The molecule has 3 N–H and O–H groups in total. The number of benzene rings is 2. The average molecular weight is 442 g/mol. The number of rotatable bonds is 4. The molecule has 2 aliphatic heterocycles. The summed E-state index contributed by atoms with van der Waals surface area (Å²) in [4.78, 5) is 27.1. The Hall–Kier alpha value is -2.57. The van der Waals surface area contributed by atoms with Crippen molar-refractivity contribution in [3.63, 3.8) is 0 Å². The molecule has 0 radical (unpaired) electrons. The average Bonchev–Trinajstić information content (AvgIpc) is 3.23. The number of hydrogen-bond donors (Lipinski definition) is 3. The smallest absolute Gasteiger partial charge is 0.250 e. The highest BCUT2D eigenvalue weighted by atomic mass is 35.5. The quantitative estimate of drug-likeness (QED) is 0.657. The number of methoxy groups -OCH3 is 1. The first-order chi connectivity index (χ1) is 14.7. The number of carbonyl (C=O) groups is 2. The van der Waals surface area contributed by atoms with Crippen LogP contribution in [0.1, 0.15) is 37.0 Å². The molecular weight excluding hydrogens is 414 g/mol. The number of amides is 2. The normalized spacial score (nSPS) is 24.4. The van der Waals surface area contributed by atoms with Crippen molar-refractivity contribution in [2.75, 3.05) is 17.7 Å². The maximum Gasteiger partial charge on any atom is 0.250 e. The van der Waals surface area contributed by atoms with Crippen LogP contribution >= 0.6 is 11.6 Å². The summed E-state index contributed by atoms with van der Waals surface area (Å²) in [6.07, 6.45) is 0.548. The molecule has 7 heteroatoms. The van der Waals surface area contributed by atoms with E-state index >= 15 is 0 Å². The zero-order valence-electron chi connectivity index (χ0n) is 18.4. The highest BCUT2D eigenvalue weighted by Crippen LogP contribution is 2.49. The van der Waals surface area contributed by atoms with Crippen molar-refractivity contribution in [3.8, 4) is 5.75 Å². The molecule has 3 atom stereocenters. The van der Waals surface area contributed by atoms with Gasteiger partial charge in [0.05, 0.1) is 18.7 Å². The van der Waals surface area contributed by atoms with Crippen LogP contribution in [-0.2, 0) is 15.1 Å². The summed E-state index contributed by atoms with van der Waals surface area (Å²) in [5, 5.41) is 10.0. The summed E-state index contributed by atoms with van der Waals surface area (Å²) in [5.41, 5.74) is 3.06. The SMILES string of the molecule is COc1ccc(Cl)cc1NC(=O)[C@H]1C[C@H](C(C)C)N[C@]12C(=O)Nc1c(C)cc(C)cc12. The number of carbonyl (C=O) groups excluding carboxylic acids is 2. The lowest BCUT2D eigenvalue weighted by atomic mass is 9.78. The third-order valence-electron chi connectivity index (χ3n) is 6.47. The van der Waals surface area contributed by atoms with Crippen LogP contribution < -0.4 is 20.7 Å². The zero-order valence-corrected chi connectivity index (χ0v) is 19.2. The number of halogens is 1. The number of hydrogen-bond acceptors (Lipinski definition) is 4. The third kappa shape index (κ3) is 3.48. The summed E-state index contributed by atoms with van der Waals surface area (Å²) in [7, 11) is 1.54. The molecule has 0 unspecified atom stereocenters. The van der Waals surface area contributed by atoms with Gasteiger partial charge in [-0.2, -0.15) is 0 Å². The van der Waals surface area contributed by atoms with Gasteiger partial charge in [-0.3, -0.25) is 14.9 Å². The fraction of sp³-hybridized carbons (Fsp3) is 0.417. The first kappa shape index (κ1) is 21.7. The van der Waals surface area contributed by atoms with Gasteiger partial charge >= 0.3 is 0 Å². The van der Waals surface area contributed by atoms with Gasteiger partial charge in [-0.25, -0.2) is 0 Å². The van der Waals surface area contributed by atoms with Crippen LogP contribution in [0, 0.1) is 25.7 Å². The molecular formula is C24H28ClN3O3. The van der Waals surface area contributed by atoms with E-state index in [0.29, 0.717) is 22.9 Å². The Kier molecular flexibility index (Phi) is 5.48. The summed E-state index contributed by atoms with van der Waals surface area (Å²) >= 11 is 6.14. The van der Waals surface area contributed by atoms with Gasteiger partial charge < -0.3 is 15.4 Å². The van der Waals surface area contributed by atoms with Gasteiger partial charge in [0, 0.05) is 22.3 Å². The molecule has 2 aromatic rings. The second-order valence-corrected chi connectivity index (χ2v) is 9.32. The topological polar surface area (TPSA) is 79.5 Å². The third-order valence-corrected chi connectivity index (χ3v) is 6.70. The Bertz CT molecular complexity index is 1070. The van der Waals surface area contributed by atoms with Crippen LogP contribution in [0.15, 0.2) is 30.3 Å². The molecule has 2 aliphatic rings. The number of nitrogens with one attached hydrogen (secondary N) is 3. The van der Waals surface area contributed by atoms with E-state index in [9.17, 15) is 9.59 Å². The molecule has 1 saturated heterocycles. The molecule has 2 aromatic carbocycles. The second-order valence-electron chi connectivity index (χ2n) is 8.88. The molecule has 0 saturated carbocycles. The number of ether oxygens (including phenoxy) is 1. The Balaban J connectivity index is 1.79. The van der Waals surface area contributed by atoms with Crippen molar-refractivity contribution in [1.82, 2.24) is 5.32 Å². The van der Waals surface area contributed by atoms with Gasteiger partial charge in [-0.1, -0.05) is 43.1 Å². The van der Waals surface area contributed by atoms with E-state index in [1.807, 2.05) is 26.0 Å². The van der Waals surface area contributed by atoms with E-state index in [0.717, 1.165) is 22.4 Å². The largest absolute Gasteiger partial charge is 0.495 e. The summed E-state index contributed by atoms with van der Waals surface area (Å²) in [5.74, 6) is -0.235. The van der Waals surface area contributed by atoms with E-state index in [1.54, 1.807) is 25.3 Å². The molecule has 1 fully saturated rings. The Morgan fingerprint density at radius 2 is 2.00 bits per heavy atom. The minimum atomic E-state index is -1.11. The lowest BCUT2D eigenvalue weighted by Crippen LogP contribution is -2.52. The Labute approximate surface area is 187 Å². The Morgan fingerprint density at radius 1 is 1.26 bits per heavy atom. The standard InChI is InChI=1S/C24H28ClN3O3/c1-12(2)18-11-17(22(29)26-19-10-15(25)6-7-20(19)31-5)24(28-18)16-9-13(3)8-14(4)21(16)27-23(24)30/h6-10,12,17-18,28H,11H2,1-5H3,(H,26,29)(H,27,30)/t17-,18-,24+/m1/s1. The monoisotopic (exact) mass is 441 g/mol. The highest BCUT2D eigenvalue weighted by Gasteiger charge is 2.60. The van der Waals surface area contributed by atoms with Gasteiger partial charge in [0.15, 0.2) is 0 Å². The van der Waals surface area contributed by atoms with Crippen LogP contribution in [0.4, 0.5) is 11.4 Å². The molecule has 1 spiro atoms. The fourth-order valence-corrected chi connectivity index (χ4v) is 5.06. The molecule has 0 bridgehead atoms. The molecule has 31 heavy (non-hydrogen) atoms. The molecule has 2 amide bonds. The van der Waals surface area contributed by atoms with Crippen LogP contribution in [0.5, 0.6) is 5.75 Å². The molecule has 0 aliphatic carbocycles. The molecule has 2 heterocycles. The van der Waals surface area contributed by atoms with Crippen molar-refractivity contribution in [3.05, 3.63) is 52.0 Å².